The van der Waals surface area contributed by atoms with E-state index in [9.17, 15) is 9.90 Å². The number of nitrogens with one attached hydrogen (secondary N) is 1. The lowest BCUT2D eigenvalue weighted by Crippen LogP contribution is -2.57. The van der Waals surface area contributed by atoms with Crippen molar-refractivity contribution in [3.05, 3.63) is 28.2 Å². The van der Waals surface area contributed by atoms with Gasteiger partial charge < -0.3 is 15.3 Å². The van der Waals surface area contributed by atoms with Gasteiger partial charge in [0.15, 0.2) is 0 Å². The third kappa shape index (κ3) is 2.45. The molecule has 0 aromatic heterocycles. The summed E-state index contributed by atoms with van der Waals surface area (Å²) in [5, 5.41) is 12.1. The van der Waals surface area contributed by atoms with Gasteiger partial charge in [0.1, 0.15) is 6.04 Å². The van der Waals surface area contributed by atoms with E-state index in [1.807, 2.05) is 30.0 Å². The maximum Gasteiger partial charge on any atom is 0.245 e. The molecular weight excluding hydrogens is 284 g/mol. The third-order valence-electron chi connectivity index (χ3n) is 2.99. The highest BCUT2D eigenvalue weighted by atomic mass is 79.9. The molecule has 2 N–H and O–H groups in total. The largest absolute Gasteiger partial charge is 0.394 e. The molecule has 17 heavy (non-hydrogen) atoms. The Balaban J connectivity index is 2.30. The Morgan fingerprint density at radius 3 is 3.00 bits per heavy atom. The number of aliphatic hydroxyl groups excluding tert-OH is 1. The van der Waals surface area contributed by atoms with Gasteiger partial charge in [0, 0.05) is 23.2 Å². The Morgan fingerprint density at radius 1 is 1.59 bits per heavy atom. The number of amides is 1. The van der Waals surface area contributed by atoms with Crippen molar-refractivity contribution >= 4 is 27.5 Å². The van der Waals surface area contributed by atoms with Gasteiger partial charge >= 0.3 is 0 Å². The van der Waals surface area contributed by atoms with Crippen molar-refractivity contribution in [1.29, 1.82) is 0 Å². The first-order valence-electron chi connectivity index (χ1n) is 5.55. The highest BCUT2D eigenvalue weighted by molar-refractivity contribution is 9.10. The molecule has 1 heterocycles. The summed E-state index contributed by atoms with van der Waals surface area (Å²) >= 11 is 3.48. The molecular formula is C12H15BrN2O2. The molecule has 1 saturated heterocycles. The lowest BCUT2D eigenvalue weighted by molar-refractivity contribution is -0.124. The zero-order chi connectivity index (χ0) is 12.4. The van der Waals surface area contributed by atoms with Crippen molar-refractivity contribution in [2.45, 2.75) is 13.0 Å². The van der Waals surface area contributed by atoms with E-state index in [1.54, 1.807) is 0 Å². The molecule has 0 bridgehead atoms. The van der Waals surface area contributed by atoms with Gasteiger partial charge in [0.25, 0.3) is 0 Å². The van der Waals surface area contributed by atoms with Crippen molar-refractivity contribution in [3.63, 3.8) is 0 Å². The van der Waals surface area contributed by atoms with E-state index < -0.39 is 6.04 Å². The molecule has 1 aromatic carbocycles. The summed E-state index contributed by atoms with van der Waals surface area (Å²) in [4.78, 5) is 13.6. The average Bonchev–Trinajstić information content (AvgIpc) is 2.32. The molecule has 5 heteroatoms. The molecule has 0 spiro atoms. The van der Waals surface area contributed by atoms with Crippen LogP contribution in [0.3, 0.4) is 0 Å². The molecule has 4 nitrogen and oxygen atoms in total. The van der Waals surface area contributed by atoms with Gasteiger partial charge in [-0.05, 0) is 24.6 Å². The van der Waals surface area contributed by atoms with Gasteiger partial charge in [-0.1, -0.05) is 22.0 Å². The summed E-state index contributed by atoms with van der Waals surface area (Å²) in [6, 6.07) is 5.47. The van der Waals surface area contributed by atoms with E-state index in [0.29, 0.717) is 13.1 Å². The summed E-state index contributed by atoms with van der Waals surface area (Å²) in [5.41, 5.74) is 2.10. The number of hydrogen-bond acceptors (Lipinski definition) is 3. The van der Waals surface area contributed by atoms with Crippen molar-refractivity contribution in [2.75, 3.05) is 24.6 Å². The Bertz CT molecular complexity index is 437. The van der Waals surface area contributed by atoms with Crippen molar-refractivity contribution in [2.24, 2.45) is 0 Å². The number of benzene rings is 1. The Kier molecular flexibility index (Phi) is 3.69. The Labute approximate surface area is 109 Å². The normalized spacial score (nSPS) is 20.3. The molecule has 92 valence electrons. The van der Waals surface area contributed by atoms with Crippen LogP contribution in [0.2, 0.25) is 0 Å². The molecule has 1 amide bonds. The zero-order valence-corrected chi connectivity index (χ0v) is 11.2. The maximum atomic E-state index is 11.6. The molecule has 0 aliphatic carbocycles. The maximum absolute atomic E-state index is 11.6. The quantitative estimate of drug-likeness (QED) is 0.858. The second kappa shape index (κ2) is 5.06. The van der Waals surface area contributed by atoms with Gasteiger partial charge in [-0.3, -0.25) is 4.79 Å². The summed E-state index contributed by atoms with van der Waals surface area (Å²) in [7, 11) is 0. The average molecular weight is 299 g/mol. The first-order chi connectivity index (χ1) is 8.13. The van der Waals surface area contributed by atoms with Gasteiger partial charge in [0.2, 0.25) is 5.91 Å². The summed E-state index contributed by atoms with van der Waals surface area (Å²) in [6.45, 7) is 3.17. The van der Waals surface area contributed by atoms with E-state index in [-0.39, 0.29) is 12.5 Å². The molecule has 1 aliphatic heterocycles. The highest BCUT2D eigenvalue weighted by Crippen LogP contribution is 2.25. The van der Waals surface area contributed by atoms with Crippen LogP contribution in [0.5, 0.6) is 0 Å². The molecule has 1 aromatic rings. The minimum atomic E-state index is -0.488. The van der Waals surface area contributed by atoms with Crippen LogP contribution >= 0.6 is 15.9 Å². The number of anilines is 1. The van der Waals surface area contributed by atoms with Crippen LogP contribution in [-0.2, 0) is 4.79 Å². The van der Waals surface area contributed by atoms with Crippen LogP contribution in [0.4, 0.5) is 5.69 Å². The van der Waals surface area contributed by atoms with Crippen molar-refractivity contribution in [3.8, 4) is 0 Å². The predicted molar refractivity (Wildman–Crippen MR) is 70.1 cm³/mol. The molecule has 1 fully saturated rings. The number of aliphatic hydroxyl groups is 1. The first-order valence-corrected chi connectivity index (χ1v) is 6.34. The third-order valence-corrected chi connectivity index (χ3v) is 3.85. The number of aryl methyl sites for hydroxylation is 1. The van der Waals surface area contributed by atoms with Crippen molar-refractivity contribution in [1.82, 2.24) is 5.32 Å². The zero-order valence-electron chi connectivity index (χ0n) is 9.61. The Hall–Kier alpha value is -1.07. The number of halogens is 1. The number of nitrogens with zero attached hydrogens (tertiary/aromatic N) is 1. The van der Waals surface area contributed by atoms with Crippen LogP contribution in [0.25, 0.3) is 0 Å². The van der Waals surface area contributed by atoms with Gasteiger partial charge in [-0.2, -0.15) is 0 Å². The minimum absolute atomic E-state index is 0.115. The molecule has 1 atom stereocenters. The van der Waals surface area contributed by atoms with E-state index >= 15 is 0 Å². The van der Waals surface area contributed by atoms with Crippen LogP contribution < -0.4 is 10.2 Å². The molecule has 2 rings (SSSR count). The van der Waals surface area contributed by atoms with E-state index in [2.05, 4.69) is 21.2 Å². The Morgan fingerprint density at radius 2 is 2.35 bits per heavy atom. The van der Waals surface area contributed by atoms with Crippen LogP contribution in [0.1, 0.15) is 5.56 Å². The first kappa shape index (κ1) is 12.4. The van der Waals surface area contributed by atoms with Gasteiger partial charge in [0.05, 0.1) is 6.61 Å². The summed E-state index contributed by atoms with van der Waals surface area (Å²) in [5.74, 6) is -0.115. The number of hydrogen-bond donors (Lipinski definition) is 2. The number of rotatable bonds is 2. The van der Waals surface area contributed by atoms with E-state index in [4.69, 9.17) is 0 Å². The van der Waals surface area contributed by atoms with Crippen LogP contribution in [0, 0.1) is 6.92 Å². The van der Waals surface area contributed by atoms with Crippen LogP contribution in [-0.4, -0.2) is 36.8 Å². The smallest absolute Gasteiger partial charge is 0.245 e. The molecule has 1 aliphatic rings. The molecule has 1 unspecified atom stereocenters. The lowest BCUT2D eigenvalue weighted by atomic mass is 10.1. The SMILES string of the molecule is Cc1ccc(N2CCNC(=O)C2CO)cc1Br. The fraction of sp³-hybridized carbons (Fsp3) is 0.417. The lowest BCUT2D eigenvalue weighted by Gasteiger charge is -2.35. The van der Waals surface area contributed by atoms with Gasteiger partial charge in [-0.15, -0.1) is 0 Å². The summed E-state index contributed by atoms with van der Waals surface area (Å²) in [6.07, 6.45) is 0. The second-order valence-corrected chi connectivity index (χ2v) is 4.97. The topological polar surface area (TPSA) is 52.6 Å². The second-order valence-electron chi connectivity index (χ2n) is 4.12. The number of piperazine rings is 1. The van der Waals surface area contributed by atoms with E-state index in [0.717, 1.165) is 15.7 Å². The highest BCUT2D eigenvalue weighted by Gasteiger charge is 2.29. The molecule has 0 radical (unpaired) electrons. The fourth-order valence-corrected chi connectivity index (χ4v) is 2.33. The van der Waals surface area contributed by atoms with E-state index in [1.165, 1.54) is 0 Å². The van der Waals surface area contributed by atoms with Gasteiger partial charge in [-0.25, -0.2) is 0 Å². The van der Waals surface area contributed by atoms with Crippen molar-refractivity contribution < 1.29 is 9.90 Å². The number of carbonyl (C=O) groups excluding carboxylic acids is 1. The predicted octanol–water partition coefficient (Wildman–Crippen LogP) is 1.05. The monoisotopic (exact) mass is 298 g/mol. The standard InChI is InChI=1S/C12H15BrN2O2/c1-8-2-3-9(6-10(8)13)15-5-4-14-12(17)11(15)7-16/h2-3,6,11,16H,4-5,7H2,1H3,(H,14,17). The molecule has 0 saturated carbocycles. The number of carbonyl (C=O) groups is 1. The minimum Gasteiger partial charge on any atom is -0.394 e. The summed E-state index contributed by atoms with van der Waals surface area (Å²) < 4.78 is 1.01. The van der Waals surface area contributed by atoms with Crippen LogP contribution in [0.15, 0.2) is 22.7 Å². The fourth-order valence-electron chi connectivity index (χ4n) is 1.97.